The van der Waals surface area contributed by atoms with E-state index in [0.717, 1.165) is 30.9 Å². The number of carbonyl (C=O) groups is 3. The normalized spacial score (nSPS) is 12.2. The lowest BCUT2D eigenvalue weighted by atomic mass is 9.94. The van der Waals surface area contributed by atoms with Crippen LogP contribution in [-0.2, 0) is 25.5 Å². The molecule has 2 rings (SSSR count). The largest absolute Gasteiger partial charge is 0.464 e. The van der Waals surface area contributed by atoms with Gasteiger partial charge in [0.15, 0.2) is 0 Å². The van der Waals surface area contributed by atoms with E-state index in [-0.39, 0.29) is 17.0 Å². The molecule has 0 spiro atoms. The highest BCUT2D eigenvalue weighted by Gasteiger charge is 2.23. The first-order valence-electron chi connectivity index (χ1n) is 15.9. The molecule has 1 heterocycles. The highest BCUT2D eigenvalue weighted by Crippen LogP contribution is 2.26. The molecule has 10 heteroatoms. The molecule has 1 aliphatic rings. The minimum Gasteiger partial charge on any atom is -0.464 e. The van der Waals surface area contributed by atoms with Crippen molar-refractivity contribution in [3.63, 3.8) is 0 Å². The van der Waals surface area contributed by atoms with Gasteiger partial charge in [0.25, 0.3) is 5.91 Å². The topological polar surface area (TPSA) is 127 Å². The number of esters is 1. The van der Waals surface area contributed by atoms with Crippen molar-refractivity contribution < 1.29 is 29.0 Å². The van der Waals surface area contributed by atoms with Crippen LogP contribution in [-0.4, -0.2) is 60.3 Å². The molecule has 0 bridgehead atoms. The first-order chi connectivity index (χ1) is 20.8. The Morgan fingerprint density at radius 1 is 1.05 bits per heavy atom. The molecule has 3 N–H and O–H groups in total. The Morgan fingerprint density at radius 2 is 1.57 bits per heavy atom. The number of aliphatic hydroxyl groups is 1. The summed E-state index contributed by atoms with van der Waals surface area (Å²) in [6.07, 6.45) is 15.0. The van der Waals surface area contributed by atoms with E-state index in [0.29, 0.717) is 0 Å². The van der Waals surface area contributed by atoms with E-state index < -0.39 is 30.4 Å². The van der Waals surface area contributed by atoms with Crippen LogP contribution in [0.15, 0.2) is 29.3 Å². The summed E-state index contributed by atoms with van der Waals surface area (Å²) in [5.41, 5.74) is 1.56. The first kappa shape index (κ1) is 43.6. The van der Waals surface area contributed by atoms with E-state index in [2.05, 4.69) is 60.7 Å². The smallest absolute Gasteiger partial charge is 0.353 e. The summed E-state index contributed by atoms with van der Waals surface area (Å²) in [5.74, 6) is -1.15. The molecular weight excluding hydrogens is 578 g/mol. The molecule has 1 fully saturated rings. The SMILES string of the molecule is C=C(NC(=O)C(CO)NC(=O)c1csc(CCC)n1)C(=O)OC.CC=C1CC1.CCCC(CCC)CCC.COC(C)(C)C. The Bertz CT molecular complexity index is 964. The number of nitrogens with zero attached hydrogens (tertiary/aromatic N) is 1. The molecule has 0 saturated heterocycles. The fraction of sp³-hybridized carbons (Fsp3) is 0.706. The van der Waals surface area contributed by atoms with E-state index in [1.54, 1.807) is 18.1 Å². The predicted molar refractivity (Wildman–Crippen MR) is 182 cm³/mol. The number of aryl methyl sites for hydroxylation is 1. The fourth-order valence-electron chi connectivity index (χ4n) is 3.60. The van der Waals surface area contributed by atoms with Crippen LogP contribution in [0.5, 0.6) is 0 Å². The summed E-state index contributed by atoms with van der Waals surface area (Å²) in [4.78, 5) is 39.3. The number of hydrogen-bond acceptors (Lipinski definition) is 8. The van der Waals surface area contributed by atoms with Crippen molar-refractivity contribution in [2.24, 2.45) is 5.92 Å². The quantitative estimate of drug-likeness (QED) is 0.112. The lowest BCUT2D eigenvalue weighted by Gasteiger charge is -2.15. The molecule has 1 saturated carbocycles. The zero-order valence-electron chi connectivity index (χ0n) is 29.1. The van der Waals surface area contributed by atoms with Gasteiger partial charge in [-0.1, -0.05) is 84.4 Å². The van der Waals surface area contributed by atoms with Gasteiger partial charge in [-0.05, 0) is 59.3 Å². The van der Waals surface area contributed by atoms with Crippen molar-refractivity contribution in [3.05, 3.63) is 40.0 Å². The van der Waals surface area contributed by atoms with Crippen molar-refractivity contribution in [3.8, 4) is 0 Å². The number of aliphatic hydroxyl groups excluding tert-OH is 1. The van der Waals surface area contributed by atoms with Crippen molar-refractivity contribution in [1.82, 2.24) is 15.6 Å². The molecule has 1 aliphatic carbocycles. The van der Waals surface area contributed by atoms with Crippen LogP contribution in [0.1, 0.15) is 129 Å². The van der Waals surface area contributed by atoms with Crippen molar-refractivity contribution >= 4 is 29.1 Å². The lowest BCUT2D eigenvalue weighted by Crippen LogP contribution is -2.49. The van der Waals surface area contributed by atoms with Gasteiger partial charge in [-0.3, -0.25) is 9.59 Å². The Morgan fingerprint density at radius 3 is 1.91 bits per heavy atom. The summed E-state index contributed by atoms with van der Waals surface area (Å²) in [6.45, 7) is 19.7. The van der Waals surface area contributed by atoms with Crippen LogP contribution >= 0.6 is 11.3 Å². The zero-order chi connectivity index (χ0) is 34.1. The zero-order valence-corrected chi connectivity index (χ0v) is 30.0. The molecule has 0 aromatic carbocycles. The van der Waals surface area contributed by atoms with Gasteiger partial charge in [-0.15, -0.1) is 11.3 Å². The van der Waals surface area contributed by atoms with Crippen LogP contribution < -0.4 is 10.6 Å². The van der Waals surface area contributed by atoms with Crippen LogP contribution in [0.25, 0.3) is 0 Å². The first-order valence-corrected chi connectivity index (χ1v) is 16.8. The molecule has 1 unspecified atom stereocenters. The number of carbonyl (C=O) groups excluding carboxylic acids is 3. The van der Waals surface area contributed by atoms with E-state index in [9.17, 15) is 19.5 Å². The second kappa shape index (κ2) is 25.7. The van der Waals surface area contributed by atoms with Crippen LogP contribution in [0.3, 0.4) is 0 Å². The van der Waals surface area contributed by atoms with Gasteiger partial charge in [0.1, 0.15) is 17.4 Å². The summed E-state index contributed by atoms with van der Waals surface area (Å²) < 4.78 is 9.33. The number of ether oxygens (including phenoxy) is 2. The number of thiazole rings is 1. The van der Waals surface area contributed by atoms with Crippen molar-refractivity contribution in [2.75, 3.05) is 20.8 Å². The molecule has 9 nitrogen and oxygen atoms in total. The number of methoxy groups -OCH3 is 2. The van der Waals surface area contributed by atoms with E-state index in [4.69, 9.17) is 4.74 Å². The molecule has 254 valence electrons. The highest BCUT2D eigenvalue weighted by molar-refractivity contribution is 7.09. The summed E-state index contributed by atoms with van der Waals surface area (Å²) in [6, 6.07) is -1.24. The third-order valence-electron chi connectivity index (χ3n) is 6.41. The van der Waals surface area contributed by atoms with E-state index >= 15 is 0 Å². The van der Waals surface area contributed by atoms with E-state index in [1.165, 1.54) is 62.7 Å². The van der Waals surface area contributed by atoms with Gasteiger partial charge in [-0.2, -0.15) is 0 Å². The summed E-state index contributed by atoms with van der Waals surface area (Å²) in [7, 11) is 2.85. The molecule has 44 heavy (non-hydrogen) atoms. The summed E-state index contributed by atoms with van der Waals surface area (Å²) >= 11 is 1.35. The van der Waals surface area contributed by atoms with Crippen molar-refractivity contribution in [2.45, 2.75) is 131 Å². The second-order valence-corrected chi connectivity index (χ2v) is 12.5. The van der Waals surface area contributed by atoms with Gasteiger partial charge in [0.05, 0.1) is 24.3 Å². The highest BCUT2D eigenvalue weighted by atomic mass is 32.1. The molecule has 1 atom stereocenters. The van der Waals surface area contributed by atoms with Gasteiger partial charge in [-0.25, -0.2) is 9.78 Å². The van der Waals surface area contributed by atoms with Gasteiger partial charge in [0.2, 0.25) is 5.91 Å². The van der Waals surface area contributed by atoms with Gasteiger partial charge in [0, 0.05) is 12.5 Å². The maximum atomic E-state index is 12.0. The van der Waals surface area contributed by atoms with Crippen LogP contribution in [0.2, 0.25) is 0 Å². The van der Waals surface area contributed by atoms with E-state index in [1.807, 2.05) is 27.7 Å². The Hall–Kier alpha value is -2.56. The van der Waals surface area contributed by atoms with Gasteiger partial charge < -0.3 is 25.2 Å². The second-order valence-electron chi connectivity index (χ2n) is 11.5. The van der Waals surface area contributed by atoms with Crippen LogP contribution in [0, 0.1) is 5.92 Å². The maximum absolute atomic E-state index is 12.0. The molecule has 1 aromatic heterocycles. The Labute approximate surface area is 271 Å². The summed E-state index contributed by atoms with van der Waals surface area (Å²) in [5, 5.41) is 16.2. The predicted octanol–water partition coefficient (Wildman–Crippen LogP) is 7.15. The average molecular weight is 640 g/mol. The van der Waals surface area contributed by atoms with Gasteiger partial charge >= 0.3 is 5.97 Å². The molecule has 1 aromatic rings. The van der Waals surface area contributed by atoms with Crippen molar-refractivity contribution in [1.29, 1.82) is 0 Å². The fourth-order valence-corrected chi connectivity index (χ4v) is 4.48. The molecular formula is C34H61N3O6S. The number of hydrogen-bond donors (Lipinski definition) is 3. The minimum absolute atomic E-state index is 0.0417. The number of allylic oxidation sites excluding steroid dienone is 2. The standard InChI is InChI=1S/C14H19N3O5S.C10H22.C5H12O.C5H8/c1-4-5-11-16-10(7-23-11)13(20)17-9(6-18)12(19)15-8(2)14(21)22-3;1-4-7-10(8-5-2)9-6-3;1-5(2,3)6-4;1-2-5-3-4-5/h7,9,18H,2,4-6H2,1,3H3,(H,15,19)(H,17,20);10H,4-9H2,1-3H3;1-4H3;2H,3-4H2,1H3. The number of aromatic nitrogens is 1. The maximum Gasteiger partial charge on any atom is 0.353 e. The number of nitrogens with one attached hydrogen (secondary N) is 2. The Balaban J connectivity index is 0. The minimum atomic E-state index is -1.24. The molecule has 0 radical (unpaired) electrons. The molecule has 0 aliphatic heterocycles. The Kier molecular flexibility index (Phi) is 25.5. The van der Waals surface area contributed by atoms with Crippen LogP contribution in [0.4, 0.5) is 0 Å². The number of rotatable bonds is 14. The third kappa shape index (κ3) is 22.9. The average Bonchev–Trinajstić information content (AvgIpc) is 3.72. The lowest BCUT2D eigenvalue weighted by molar-refractivity contribution is -0.138. The number of amides is 2. The third-order valence-corrected chi connectivity index (χ3v) is 7.32. The molecule has 2 amide bonds. The monoisotopic (exact) mass is 639 g/mol.